The fourth-order valence-corrected chi connectivity index (χ4v) is 4.21. The van der Waals surface area contributed by atoms with Crippen molar-refractivity contribution < 1.29 is 33.4 Å². The summed E-state index contributed by atoms with van der Waals surface area (Å²) >= 11 is 0. The minimum absolute atomic E-state index is 0.0440. The molecule has 0 bridgehead atoms. The molecule has 0 saturated carbocycles. The number of amides is 3. The van der Waals surface area contributed by atoms with Crippen LogP contribution in [0.1, 0.15) is 81.4 Å². The molecule has 10 nitrogen and oxygen atoms in total. The number of hydrogen-bond donors (Lipinski definition) is 2. The minimum Gasteiger partial charge on any atom is -0.489 e. The maximum Gasteiger partial charge on any atom is 0.407 e. The van der Waals surface area contributed by atoms with Gasteiger partial charge in [0.05, 0.1) is 6.54 Å². The first kappa shape index (κ1) is 30.5. The van der Waals surface area contributed by atoms with Gasteiger partial charge in [-0.15, -0.1) is 0 Å². The fraction of sp³-hybridized carbons (Fsp3) is 0.467. The van der Waals surface area contributed by atoms with Crippen molar-refractivity contribution >= 4 is 23.9 Å². The molecule has 1 unspecified atom stereocenters. The number of nitrogens with one attached hydrogen (secondary N) is 1. The highest BCUT2D eigenvalue weighted by molar-refractivity contribution is 6.01. The summed E-state index contributed by atoms with van der Waals surface area (Å²) < 4.78 is 16.6. The fourth-order valence-electron chi connectivity index (χ4n) is 4.21. The highest BCUT2D eigenvalue weighted by Gasteiger charge is 2.37. The molecule has 2 aromatic rings. The van der Waals surface area contributed by atoms with Crippen molar-refractivity contribution in [1.29, 1.82) is 0 Å². The zero-order valence-electron chi connectivity index (χ0n) is 24.0. The molecular weight excluding hydrogens is 514 g/mol. The lowest BCUT2D eigenvalue weighted by atomic mass is 10.1. The molecule has 1 aliphatic heterocycles. The van der Waals surface area contributed by atoms with Crippen LogP contribution in [0, 0.1) is 0 Å². The number of primary amides is 1. The molecule has 3 N–H and O–H groups in total. The van der Waals surface area contributed by atoms with Gasteiger partial charge in [-0.2, -0.15) is 0 Å². The van der Waals surface area contributed by atoms with E-state index in [2.05, 4.69) is 5.32 Å². The van der Waals surface area contributed by atoms with E-state index in [4.69, 9.17) is 19.9 Å². The molecule has 0 aromatic heterocycles. The number of rotatable bonds is 10. The maximum atomic E-state index is 13.2. The average Bonchev–Trinajstić information content (AvgIpc) is 3.16. The molecule has 0 aliphatic carbocycles. The Bertz CT molecular complexity index is 1240. The summed E-state index contributed by atoms with van der Waals surface area (Å²) in [5.41, 5.74) is 7.31. The largest absolute Gasteiger partial charge is 0.489 e. The van der Waals surface area contributed by atoms with Gasteiger partial charge in [-0.1, -0.05) is 30.3 Å². The third-order valence-corrected chi connectivity index (χ3v) is 5.95. The van der Waals surface area contributed by atoms with E-state index in [1.807, 2.05) is 24.3 Å². The molecule has 3 amide bonds. The van der Waals surface area contributed by atoms with Crippen LogP contribution in [0.15, 0.2) is 42.5 Å². The Labute approximate surface area is 235 Å². The monoisotopic (exact) mass is 553 g/mol. The Kier molecular flexibility index (Phi) is 9.44. The summed E-state index contributed by atoms with van der Waals surface area (Å²) in [6, 6.07) is 11.8. The number of hydrogen-bond acceptors (Lipinski definition) is 7. The number of alkyl carbamates (subject to hydrolysis) is 1. The van der Waals surface area contributed by atoms with Crippen molar-refractivity contribution in [1.82, 2.24) is 10.2 Å². The molecular formula is C30H39N3O7. The number of esters is 1. The van der Waals surface area contributed by atoms with Gasteiger partial charge in [-0.05, 0) is 71.2 Å². The first-order chi connectivity index (χ1) is 18.6. The van der Waals surface area contributed by atoms with Crippen LogP contribution in [0.3, 0.4) is 0 Å². The zero-order chi connectivity index (χ0) is 29.7. The van der Waals surface area contributed by atoms with Crippen molar-refractivity contribution in [2.45, 2.75) is 91.3 Å². The summed E-state index contributed by atoms with van der Waals surface area (Å²) in [6.07, 6.45) is -0.461. The summed E-state index contributed by atoms with van der Waals surface area (Å²) in [6.45, 7) is 11.4. The Morgan fingerprint density at radius 2 is 1.57 bits per heavy atom. The van der Waals surface area contributed by atoms with Gasteiger partial charge in [0.25, 0.3) is 5.91 Å². The van der Waals surface area contributed by atoms with Crippen molar-refractivity contribution in [3.05, 3.63) is 64.7 Å². The first-order valence-corrected chi connectivity index (χ1v) is 13.2. The van der Waals surface area contributed by atoms with E-state index in [1.54, 1.807) is 59.7 Å². The number of carbonyl (C=O) groups is 4. The summed E-state index contributed by atoms with van der Waals surface area (Å²) in [5.74, 6) is -0.957. The number of fused-ring (bicyclic) bond motifs is 1. The Morgan fingerprint density at radius 1 is 0.950 bits per heavy atom. The Hall–Kier alpha value is -4.08. The summed E-state index contributed by atoms with van der Waals surface area (Å²) in [5, 5.41) is 2.72. The third-order valence-electron chi connectivity index (χ3n) is 5.95. The van der Waals surface area contributed by atoms with E-state index in [0.29, 0.717) is 23.4 Å². The van der Waals surface area contributed by atoms with Crippen LogP contribution >= 0.6 is 0 Å². The van der Waals surface area contributed by atoms with Crippen LogP contribution < -0.4 is 15.8 Å². The van der Waals surface area contributed by atoms with Crippen molar-refractivity contribution in [2.75, 3.05) is 0 Å². The molecule has 1 atom stereocenters. The van der Waals surface area contributed by atoms with Gasteiger partial charge in [-0.3, -0.25) is 14.4 Å². The van der Waals surface area contributed by atoms with Gasteiger partial charge in [0.2, 0.25) is 5.91 Å². The predicted molar refractivity (Wildman–Crippen MR) is 148 cm³/mol. The molecule has 0 saturated heterocycles. The van der Waals surface area contributed by atoms with E-state index in [1.165, 1.54) is 4.90 Å². The maximum absolute atomic E-state index is 13.2. The highest BCUT2D eigenvalue weighted by Crippen LogP contribution is 2.33. The van der Waals surface area contributed by atoms with Crippen LogP contribution in [-0.2, 0) is 38.8 Å². The van der Waals surface area contributed by atoms with E-state index in [-0.39, 0.29) is 31.9 Å². The quantitative estimate of drug-likeness (QED) is 0.420. The van der Waals surface area contributed by atoms with Crippen molar-refractivity contribution in [2.24, 2.45) is 5.73 Å². The predicted octanol–water partition coefficient (Wildman–Crippen LogP) is 4.22. The lowest BCUT2D eigenvalue weighted by molar-refractivity contribution is -0.155. The standard InChI is InChI=1S/C30H39N3O7/c1-29(2,3)39-25(34)15-14-23(26(31)35)33-17-22-21(27(33)36)8-7-9-24(22)38-18-20-12-10-19(11-13-20)16-32-28(37)40-30(4,5)6/h7-13,23H,14-18H2,1-6H3,(H2,31,35)(H,32,37). The lowest BCUT2D eigenvalue weighted by Gasteiger charge is -2.26. The van der Waals surface area contributed by atoms with Crippen LogP contribution in [0.5, 0.6) is 5.75 Å². The second-order valence-corrected chi connectivity index (χ2v) is 11.7. The number of ether oxygens (including phenoxy) is 3. The van der Waals surface area contributed by atoms with E-state index < -0.39 is 35.2 Å². The van der Waals surface area contributed by atoms with Crippen LogP contribution in [0.4, 0.5) is 4.79 Å². The zero-order valence-corrected chi connectivity index (χ0v) is 24.0. The van der Waals surface area contributed by atoms with Crippen LogP contribution in [-0.4, -0.2) is 46.0 Å². The summed E-state index contributed by atoms with van der Waals surface area (Å²) in [7, 11) is 0. The lowest BCUT2D eigenvalue weighted by Crippen LogP contribution is -2.45. The van der Waals surface area contributed by atoms with Crippen LogP contribution in [0.2, 0.25) is 0 Å². The molecule has 40 heavy (non-hydrogen) atoms. The normalized spacial score (nSPS) is 13.8. The Balaban J connectivity index is 1.61. The van der Waals surface area contributed by atoms with Gasteiger partial charge in [0.1, 0.15) is 29.6 Å². The van der Waals surface area contributed by atoms with Gasteiger partial charge < -0.3 is 30.2 Å². The van der Waals surface area contributed by atoms with Gasteiger partial charge in [0, 0.05) is 24.1 Å². The SMILES string of the molecule is CC(C)(C)OC(=O)CCC(C(N)=O)N1Cc2c(OCc3ccc(CNC(=O)OC(C)(C)C)cc3)cccc2C1=O. The van der Waals surface area contributed by atoms with E-state index >= 15 is 0 Å². The second kappa shape index (κ2) is 12.4. The van der Waals surface area contributed by atoms with Gasteiger partial charge >= 0.3 is 12.1 Å². The van der Waals surface area contributed by atoms with E-state index in [0.717, 1.165) is 11.1 Å². The molecule has 3 rings (SSSR count). The molecule has 10 heteroatoms. The van der Waals surface area contributed by atoms with E-state index in [9.17, 15) is 19.2 Å². The number of nitrogens with two attached hydrogens (primary N) is 1. The van der Waals surface area contributed by atoms with Gasteiger partial charge in [0.15, 0.2) is 0 Å². The number of nitrogens with zero attached hydrogens (tertiary/aromatic N) is 1. The molecule has 0 fully saturated rings. The summed E-state index contributed by atoms with van der Waals surface area (Å²) in [4.78, 5) is 50.9. The third kappa shape index (κ3) is 8.72. The average molecular weight is 554 g/mol. The highest BCUT2D eigenvalue weighted by atomic mass is 16.6. The Morgan fingerprint density at radius 3 is 2.17 bits per heavy atom. The van der Waals surface area contributed by atoms with Crippen molar-refractivity contribution in [3.63, 3.8) is 0 Å². The smallest absolute Gasteiger partial charge is 0.407 e. The second-order valence-electron chi connectivity index (χ2n) is 11.7. The molecule has 216 valence electrons. The van der Waals surface area contributed by atoms with Crippen LogP contribution in [0.25, 0.3) is 0 Å². The molecule has 1 aliphatic rings. The number of benzene rings is 2. The molecule has 0 spiro atoms. The molecule has 1 heterocycles. The van der Waals surface area contributed by atoms with Crippen molar-refractivity contribution in [3.8, 4) is 5.75 Å². The molecule has 0 radical (unpaired) electrons. The van der Waals surface area contributed by atoms with Gasteiger partial charge in [-0.25, -0.2) is 4.79 Å². The topological polar surface area (TPSA) is 137 Å². The first-order valence-electron chi connectivity index (χ1n) is 13.2. The number of carbonyl (C=O) groups excluding carboxylic acids is 4. The molecule has 2 aromatic carbocycles. The minimum atomic E-state index is -0.956.